The van der Waals surface area contributed by atoms with E-state index >= 15 is 0 Å². The van der Waals surface area contributed by atoms with E-state index in [1.165, 1.54) is 92.2 Å². The van der Waals surface area contributed by atoms with Gasteiger partial charge in [-0.05, 0) is 115 Å². The molecule has 4 rings (SSSR count). The highest BCUT2D eigenvalue weighted by atomic mass is 31.1. The third kappa shape index (κ3) is 6.94. The maximum atomic E-state index is 6.80. The molecule has 2 heteroatoms. The van der Waals surface area contributed by atoms with E-state index in [2.05, 4.69) is 86.6 Å². The predicted molar refractivity (Wildman–Crippen MR) is 175 cm³/mol. The highest BCUT2D eigenvalue weighted by Gasteiger charge is 2.37. The van der Waals surface area contributed by atoms with Crippen LogP contribution in [0.1, 0.15) is 160 Å². The van der Waals surface area contributed by atoms with Crippen LogP contribution in [0, 0.1) is 6.92 Å². The third-order valence-corrected chi connectivity index (χ3v) is 12.9. The van der Waals surface area contributed by atoms with Gasteiger partial charge in [0.2, 0.25) is 0 Å². The molecule has 2 fully saturated rings. The number of hydrogen-bond donors (Lipinski definition) is 0. The number of aryl methyl sites for hydroxylation is 1. The Morgan fingerprint density at radius 1 is 0.641 bits per heavy atom. The molecule has 0 aliphatic heterocycles. The molecule has 0 unspecified atom stereocenters. The first kappa shape index (κ1) is 30.6. The topological polar surface area (TPSA) is 9.23 Å². The van der Waals surface area contributed by atoms with Crippen molar-refractivity contribution in [2.75, 3.05) is 0 Å². The fourth-order valence-corrected chi connectivity index (χ4v) is 11.3. The summed E-state index contributed by atoms with van der Waals surface area (Å²) in [6.07, 6.45) is 14.3. The largest absolute Gasteiger partial charge is 0.490 e. The zero-order chi connectivity index (χ0) is 28.3. The average molecular weight is 549 g/mol. The summed E-state index contributed by atoms with van der Waals surface area (Å²) in [6, 6.07) is 9.83. The summed E-state index contributed by atoms with van der Waals surface area (Å²) in [5, 5.41) is 1.64. The van der Waals surface area contributed by atoms with E-state index in [4.69, 9.17) is 4.74 Å². The molecule has 2 aliphatic rings. The Balaban J connectivity index is 2.08. The summed E-state index contributed by atoms with van der Waals surface area (Å²) < 4.78 is 6.80. The summed E-state index contributed by atoms with van der Waals surface area (Å²) in [4.78, 5) is 0. The van der Waals surface area contributed by atoms with Crippen LogP contribution in [-0.2, 0) is 0 Å². The predicted octanol–water partition coefficient (Wildman–Crippen LogP) is 11.6. The van der Waals surface area contributed by atoms with Gasteiger partial charge in [-0.2, -0.15) is 0 Å². The Labute approximate surface area is 242 Å². The first-order valence-corrected chi connectivity index (χ1v) is 17.8. The van der Waals surface area contributed by atoms with Gasteiger partial charge < -0.3 is 4.74 Å². The van der Waals surface area contributed by atoms with Crippen LogP contribution in [0.4, 0.5) is 0 Å². The molecule has 0 radical (unpaired) electrons. The zero-order valence-electron chi connectivity index (χ0n) is 26.7. The van der Waals surface area contributed by atoms with E-state index in [9.17, 15) is 0 Å². The van der Waals surface area contributed by atoms with Crippen molar-refractivity contribution in [1.29, 1.82) is 0 Å². The van der Waals surface area contributed by atoms with Gasteiger partial charge in [0.15, 0.2) is 0 Å². The molecule has 0 aromatic heterocycles. The van der Waals surface area contributed by atoms with Crippen LogP contribution in [0.3, 0.4) is 0 Å². The van der Waals surface area contributed by atoms with Crippen LogP contribution in [0.2, 0.25) is 0 Å². The highest BCUT2D eigenvalue weighted by molar-refractivity contribution is 7.67. The zero-order valence-corrected chi connectivity index (χ0v) is 27.6. The standard InChI is InChI=1S/C37H57OP/c1-24(2)29-22-32(25(3)4)36(33(23-29)26(5)6)35-28(9)20-21-34(38-27(7)8)37(35)39(30-16-12-10-13-17-30)31-18-14-11-15-19-31/h20-27,30-31H,10-19H2,1-9H3. The van der Waals surface area contributed by atoms with E-state index in [1.807, 2.05) is 0 Å². The fraction of sp³-hybridized carbons (Fsp3) is 0.676. The van der Waals surface area contributed by atoms with Crippen LogP contribution in [-0.4, -0.2) is 17.4 Å². The molecule has 0 heterocycles. The van der Waals surface area contributed by atoms with Crippen LogP contribution in [0.15, 0.2) is 24.3 Å². The Morgan fingerprint density at radius 2 is 1.13 bits per heavy atom. The first-order chi connectivity index (χ1) is 18.6. The minimum absolute atomic E-state index is 0.186. The van der Waals surface area contributed by atoms with Crippen molar-refractivity contribution in [2.45, 2.75) is 162 Å². The molecule has 2 aromatic rings. The third-order valence-electron chi connectivity index (χ3n) is 9.29. The molecule has 1 nitrogen and oxygen atoms in total. The summed E-state index contributed by atoms with van der Waals surface area (Å²) in [5.74, 6) is 2.69. The molecule has 0 bridgehead atoms. The molecule has 216 valence electrons. The monoisotopic (exact) mass is 548 g/mol. The van der Waals surface area contributed by atoms with E-state index in [-0.39, 0.29) is 14.0 Å². The lowest BCUT2D eigenvalue weighted by molar-refractivity contribution is 0.244. The van der Waals surface area contributed by atoms with Gasteiger partial charge in [-0.3, -0.25) is 0 Å². The summed E-state index contributed by atoms with van der Waals surface area (Å²) in [7, 11) is -0.313. The first-order valence-electron chi connectivity index (χ1n) is 16.4. The SMILES string of the molecule is Cc1ccc(OC(C)C)c(P(C2CCCCC2)C2CCCCC2)c1-c1c(C(C)C)cc(C(C)C)cc1C(C)C. The van der Waals surface area contributed by atoms with Gasteiger partial charge in [0.25, 0.3) is 0 Å². The molecule has 0 atom stereocenters. The maximum Gasteiger partial charge on any atom is 0.127 e. The van der Waals surface area contributed by atoms with Crippen LogP contribution in [0.25, 0.3) is 11.1 Å². The number of ether oxygens (including phenoxy) is 1. The lowest BCUT2D eigenvalue weighted by Crippen LogP contribution is -2.29. The molecule has 39 heavy (non-hydrogen) atoms. The molecule has 2 aliphatic carbocycles. The Kier molecular flexibility index (Phi) is 10.6. The number of rotatable bonds is 9. The Morgan fingerprint density at radius 3 is 1.54 bits per heavy atom. The summed E-state index contributed by atoms with van der Waals surface area (Å²) >= 11 is 0. The highest BCUT2D eigenvalue weighted by Crippen LogP contribution is 2.59. The summed E-state index contributed by atoms with van der Waals surface area (Å²) in [6.45, 7) is 21.1. The van der Waals surface area contributed by atoms with Crippen molar-refractivity contribution in [2.24, 2.45) is 0 Å². The van der Waals surface area contributed by atoms with E-state index < -0.39 is 0 Å². The second kappa shape index (κ2) is 13.6. The van der Waals surface area contributed by atoms with Gasteiger partial charge in [-0.1, -0.05) is 106 Å². The molecular weight excluding hydrogens is 491 g/mol. The minimum atomic E-state index is -0.313. The van der Waals surface area contributed by atoms with Crippen molar-refractivity contribution in [3.8, 4) is 16.9 Å². The van der Waals surface area contributed by atoms with Crippen molar-refractivity contribution in [3.05, 3.63) is 46.5 Å². The second-order valence-corrected chi connectivity index (χ2v) is 16.5. The fourth-order valence-electron chi connectivity index (χ4n) is 7.22. The molecule has 2 saturated carbocycles. The number of hydrogen-bond acceptors (Lipinski definition) is 1. The van der Waals surface area contributed by atoms with E-state index in [1.54, 1.807) is 16.4 Å². The lowest BCUT2D eigenvalue weighted by Gasteiger charge is -2.41. The molecule has 0 spiro atoms. The van der Waals surface area contributed by atoms with Gasteiger partial charge >= 0.3 is 0 Å². The minimum Gasteiger partial charge on any atom is -0.490 e. The van der Waals surface area contributed by atoms with Crippen molar-refractivity contribution in [3.63, 3.8) is 0 Å². The van der Waals surface area contributed by atoms with Crippen molar-refractivity contribution < 1.29 is 4.74 Å². The van der Waals surface area contributed by atoms with Crippen molar-refractivity contribution >= 4 is 13.2 Å². The lowest BCUT2D eigenvalue weighted by atomic mass is 9.80. The summed E-state index contributed by atoms with van der Waals surface area (Å²) in [5.41, 5.74) is 10.8. The van der Waals surface area contributed by atoms with Crippen LogP contribution < -0.4 is 10.0 Å². The Bertz CT molecular complexity index is 1040. The van der Waals surface area contributed by atoms with Gasteiger partial charge in [-0.15, -0.1) is 0 Å². The van der Waals surface area contributed by atoms with Crippen molar-refractivity contribution in [1.82, 2.24) is 0 Å². The smallest absolute Gasteiger partial charge is 0.127 e. The molecular formula is C37H57OP. The van der Waals surface area contributed by atoms with E-state index in [0.717, 1.165) is 11.3 Å². The van der Waals surface area contributed by atoms with Crippen LogP contribution >= 0.6 is 7.92 Å². The molecule has 0 N–H and O–H groups in total. The maximum absolute atomic E-state index is 6.80. The quantitative estimate of drug-likeness (QED) is 0.283. The molecule has 0 saturated heterocycles. The second-order valence-electron chi connectivity index (χ2n) is 13.8. The molecule has 0 amide bonds. The Hall–Kier alpha value is -1.33. The van der Waals surface area contributed by atoms with Gasteiger partial charge in [0, 0.05) is 5.30 Å². The van der Waals surface area contributed by atoms with E-state index in [0.29, 0.717) is 17.8 Å². The van der Waals surface area contributed by atoms with Gasteiger partial charge in [0.05, 0.1) is 6.10 Å². The normalized spacial score (nSPS) is 17.8. The van der Waals surface area contributed by atoms with Gasteiger partial charge in [-0.25, -0.2) is 0 Å². The number of benzene rings is 2. The average Bonchev–Trinajstić information content (AvgIpc) is 2.90. The van der Waals surface area contributed by atoms with Gasteiger partial charge in [0.1, 0.15) is 5.75 Å². The molecule has 2 aromatic carbocycles. The van der Waals surface area contributed by atoms with Crippen LogP contribution in [0.5, 0.6) is 5.75 Å².